The molecule has 2 heterocycles. The molecule has 31 heavy (non-hydrogen) atoms. The molecule has 3 rings (SSSR count). The van der Waals surface area contributed by atoms with Gasteiger partial charge in [-0.05, 0) is 25.0 Å². The SMILES string of the molecule is COc1cc(-c2ncc(CCOC(F)(F)F)nc2N2CCC(C(=O)O)CC2)ccc1Cl. The molecule has 1 aromatic carbocycles. The number of halogens is 4. The zero-order valence-corrected chi connectivity index (χ0v) is 17.4. The summed E-state index contributed by atoms with van der Waals surface area (Å²) in [7, 11) is 1.48. The van der Waals surface area contributed by atoms with E-state index in [2.05, 4.69) is 14.7 Å². The van der Waals surface area contributed by atoms with Gasteiger partial charge in [0.2, 0.25) is 0 Å². The number of piperidine rings is 1. The molecule has 0 aliphatic carbocycles. The number of carboxylic acid groups (broad SMARTS) is 1. The molecular weight excluding hydrogens is 439 g/mol. The van der Waals surface area contributed by atoms with E-state index in [-0.39, 0.29) is 6.42 Å². The summed E-state index contributed by atoms with van der Waals surface area (Å²) in [5.41, 5.74) is 1.51. The van der Waals surface area contributed by atoms with Gasteiger partial charge in [-0.1, -0.05) is 17.7 Å². The van der Waals surface area contributed by atoms with Crippen molar-refractivity contribution in [3.05, 3.63) is 35.1 Å². The van der Waals surface area contributed by atoms with E-state index in [1.165, 1.54) is 13.3 Å². The van der Waals surface area contributed by atoms with E-state index in [1.54, 1.807) is 18.2 Å². The highest BCUT2D eigenvalue weighted by molar-refractivity contribution is 6.32. The molecule has 2 aromatic rings. The van der Waals surface area contributed by atoms with Gasteiger partial charge in [0.1, 0.15) is 11.4 Å². The Morgan fingerprint density at radius 2 is 2.03 bits per heavy atom. The van der Waals surface area contributed by atoms with E-state index in [9.17, 15) is 23.1 Å². The number of benzene rings is 1. The molecule has 168 valence electrons. The van der Waals surface area contributed by atoms with Crippen molar-refractivity contribution in [3.63, 3.8) is 0 Å². The maximum absolute atomic E-state index is 12.3. The van der Waals surface area contributed by atoms with E-state index in [1.807, 2.05) is 4.90 Å². The molecule has 1 fully saturated rings. The van der Waals surface area contributed by atoms with E-state index in [4.69, 9.17) is 16.3 Å². The fourth-order valence-electron chi connectivity index (χ4n) is 3.38. The van der Waals surface area contributed by atoms with Crippen LogP contribution in [0.4, 0.5) is 19.0 Å². The smallest absolute Gasteiger partial charge is 0.495 e. The highest BCUT2D eigenvalue weighted by atomic mass is 35.5. The van der Waals surface area contributed by atoms with Crippen molar-refractivity contribution < 1.29 is 32.5 Å². The molecule has 1 aliphatic rings. The lowest BCUT2D eigenvalue weighted by atomic mass is 9.97. The molecule has 1 N–H and O–H groups in total. The Morgan fingerprint density at radius 3 is 2.65 bits per heavy atom. The number of hydrogen-bond acceptors (Lipinski definition) is 6. The van der Waals surface area contributed by atoms with Gasteiger partial charge in [-0.15, -0.1) is 13.2 Å². The van der Waals surface area contributed by atoms with Gasteiger partial charge in [-0.3, -0.25) is 14.5 Å². The van der Waals surface area contributed by atoms with Crippen LogP contribution in [-0.4, -0.2) is 54.2 Å². The Bertz CT molecular complexity index is 934. The third-order valence-electron chi connectivity index (χ3n) is 5.00. The lowest BCUT2D eigenvalue weighted by molar-refractivity contribution is -0.324. The van der Waals surface area contributed by atoms with Gasteiger partial charge in [0.15, 0.2) is 5.82 Å². The highest BCUT2D eigenvalue weighted by Crippen LogP contribution is 2.35. The first-order chi connectivity index (χ1) is 14.7. The van der Waals surface area contributed by atoms with Crippen LogP contribution in [0.3, 0.4) is 0 Å². The van der Waals surface area contributed by atoms with E-state index < -0.39 is 24.9 Å². The summed E-state index contributed by atoms with van der Waals surface area (Å²) in [6.45, 7) is 0.296. The maximum Gasteiger partial charge on any atom is 0.522 e. The average Bonchev–Trinajstić information content (AvgIpc) is 2.73. The number of aliphatic carboxylic acids is 1. The minimum absolute atomic E-state index is 0.0741. The van der Waals surface area contributed by atoms with Crippen LogP contribution in [-0.2, 0) is 16.0 Å². The Morgan fingerprint density at radius 1 is 1.32 bits per heavy atom. The molecule has 0 amide bonds. The summed E-state index contributed by atoms with van der Waals surface area (Å²) in [4.78, 5) is 22.1. The monoisotopic (exact) mass is 459 g/mol. The van der Waals surface area contributed by atoms with Crippen LogP contribution in [0, 0.1) is 5.92 Å². The third-order valence-corrected chi connectivity index (χ3v) is 5.31. The summed E-state index contributed by atoms with van der Waals surface area (Å²) in [6.07, 6.45) is -2.52. The summed E-state index contributed by atoms with van der Waals surface area (Å²) in [5, 5.41) is 9.66. The number of rotatable bonds is 7. The average molecular weight is 460 g/mol. The predicted molar refractivity (Wildman–Crippen MR) is 107 cm³/mol. The van der Waals surface area contributed by atoms with E-state index in [0.717, 1.165) is 0 Å². The van der Waals surface area contributed by atoms with E-state index >= 15 is 0 Å². The quantitative estimate of drug-likeness (QED) is 0.664. The van der Waals surface area contributed by atoms with Gasteiger partial charge in [0, 0.05) is 31.3 Å². The Hall–Kier alpha value is -2.59. The van der Waals surface area contributed by atoms with Crippen LogP contribution < -0.4 is 9.64 Å². The molecular formula is C20H21ClF3N3O4. The summed E-state index contributed by atoms with van der Waals surface area (Å²) < 4.78 is 45.9. The molecule has 11 heteroatoms. The molecule has 7 nitrogen and oxygen atoms in total. The number of carboxylic acids is 1. The van der Waals surface area contributed by atoms with Crippen LogP contribution in [0.2, 0.25) is 5.02 Å². The number of aromatic nitrogens is 2. The molecule has 1 saturated heterocycles. The number of ether oxygens (including phenoxy) is 2. The lowest BCUT2D eigenvalue weighted by Gasteiger charge is -2.32. The zero-order chi connectivity index (χ0) is 22.6. The normalized spacial score (nSPS) is 15.2. The lowest BCUT2D eigenvalue weighted by Crippen LogP contribution is -2.37. The van der Waals surface area contributed by atoms with Crippen molar-refractivity contribution in [1.82, 2.24) is 9.97 Å². The van der Waals surface area contributed by atoms with E-state index in [0.29, 0.717) is 59.5 Å². The van der Waals surface area contributed by atoms with Crippen molar-refractivity contribution in [2.24, 2.45) is 5.92 Å². The van der Waals surface area contributed by atoms with Crippen LogP contribution in [0.1, 0.15) is 18.5 Å². The van der Waals surface area contributed by atoms with Gasteiger partial charge in [0.05, 0.1) is 30.4 Å². The molecule has 1 aliphatic heterocycles. The molecule has 0 unspecified atom stereocenters. The topological polar surface area (TPSA) is 84.8 Å². The minimum atomic E-state index is -4.71. The number of hydrogen-bond donors (Lipinski definition) is 1. The van der Waals surface area contributed by atoms with Gasteiger partial charge in [-0.2, -0.15) is 0 Å². The molecule has 0 atom stereocenters. The number of methoxy groups -OCH3 is 1. The largest absolute Gasteiger partial charge is 0.522 e. The summed E-state index contributed by atoms with van der Waals surface area (Å²) in [5.74, 6) is -0.366. The molecule has 0 spiro atoms. The van der Waals surface area contributed by atoms with Gasteiger partial charge in [0.25, 0.3) is 0 Å². The standard InChI is InChI=1S/C20H21ClF3N3O4/c1-30-16-10-13(2-3-15(16)21)17-18(27-7-4-12(5-8-27)19(28)29)26-14(11-25-17)6-9-31-20(22,23)24/h2-3,10-12H,4-9H2,1H3,(H,28,29). The van der Waals surface area contributed by atoms with Gasteiger partial charge >= 0.3 is 12.3 Å². The fourth-order valence-corrected chi connectivity index (χ4v) is 3.57. The second-order valence-electron chi connectivity index (χ2n) is 7.03. The Kier molecular flexibility index (Phi) is 7.22. The number of anilines is 1. The zero-order valence-electron chi connectivity index (χ0n) is 16.7. The second-order valence-corrected chi connectivity index (χ2v) is 7.43. The van der Waals surface area contributed by atoms with Crippen molar-refractivity contribution >= 4 is 23.4 Å². The number of alkyl halides is 3. The molecule has 0 saturated carbocycles. The molecule has 0 radical (unpaired) electrons. The van der Waals surface area contributed by atoms with Crippen molar-refractivity contribution in [3.8, 4) is 17.0 Å². The molecule has 1 aromatic heterocycles. The fraction of sp³-hybridized carbons (Fsp3) is 0.450. The first-order valence-corrected chi connectivity index (χ1v) is 9.94. The Labute approximate surface area is 181 Å². The first-order valence-electron chi connectivity index (χ1n) is 9.56. The molecule has 0 bridgehead atoms. The van der Waals surface area contributed by atoms with Crippen molar-refractivity contribution in [2.75, 3.05) is 31.7 Å². The van der Waals surface area contributed by atoms with Crippen LogP contribution in [0.15, 0.2) is 24.4 Å². The Balaban J connectivity index is 1.91. The number of carbonyl (C=O) groups is 1. The summed E-state index contributed by atoms with van der Waals surface area (Å²) >= 11 is 6.10. The third kappa shape index (κ3) is 5.98. The highest BCUT2D eigenvalue weighted by Gasteiger charge is 2.29. The predicted octanol–water partition coefficient (Wildman–Crippen LogP) is 4.19. The summed E-state index contributed by atoms with van der Waals surface area (Å²) in [6, 6.07) is 5.10. The van der Waals surface area contributed by atoms with Gasteiger partial charge in [-0.25, -0.2) is 4.98 Å². The van der Waals surface area contributed by atoms with Crippen LogP contribution in [0.5, 0.6) is 5.75 Å². The van der Waals surface area contributed by atoms with Crippen LogP contribution >= 0.6 is 11.6 Å². The maximum atomic E-state index is 12.3. The number of nitrogens with zero attached hydrogens (tertiary/aromatic N) is 3. The van der Waals surface area contributed by atoms with Crippen molar-refractivity contribution in [2.45, 2.75) is 25.6 Å². The second kappa shape index (κ2) is 9.69. The van der Waals surface area contributed by atoms with Crippen LogP contribution in [0.25, 0.3) is 11.3 Å². The van der Waals surface area contributed by atoms with Crippen molar-refractivity contribution in [1.29, 1.82) is 0 Å². The minimum Gasteiger partial charge on any atom is -0.495 e. The van der Waals surface area contributed by atoms with Gasteiger partial charge < -0.3 is 14.7 Å². The first kappa shape index (κ1) is 23.1.